The predicted octanol–water partition coefficient (Wildman–Crippen LogP) is 0.853. The largest absolute Gasteiger partial charge is 0.469 e. The highest BCUT2D eigenvalue weighted by molar-refractivity contribution is 5.85. The van der Waals surface area contributed by atoms with Gasteiger partial charge in [-0.3, -0.25) is 4.79 Å². The van der Waals surface area contributed by atoms with Gasteiger partial charge in [0, 0.05) is 12.0 Å². The molecule has 0 saturated heterocycles. The smallest absolute Gasteiger partial charge is 0.305 e. The van der Waals surface area contributed by atoms with Crippen LogP contribution in [0.2, 0.25) is 0 Å². The van der Waals surface area contributed by atoms with E-state index < -0.39 is 0 Å². The lowest BCUT2D eigenvalue weighted by atomic mass is 10.1. The average molecular weight is 180 g/mol. The van der Waals surface area contributed by atoms with Crippen LogP contribution in [0.3, 0.4) is 0 Å². The van der Waals surface area contributed by atoms with E-state index in [1.807, 2.05) is 0 Å². The zero-order valence-corrected chi connectivity index (χ0v) is 7.45. The van der Waals surface area contributed by atoms with Crippen molar-refractivity contribution in [3.63, 3.8) is 0 Å². The Balaban J connectivity index is 0.000001000. The third kappa shape index (κ3) is 3.58. The molecule has 1 aliphatic carbocycles. The summed E-state index contributed by atoms with van der Waals surface area (Å²) in [6.45, 7) is 0. The quantitative estimate of drug-likeness (QED) is 0.654. The van der Waals surface area contributed by atoms with E-state index in [1.54, 1.807) is 0 Å². The van der Waals surface area contributed by atoms with Gasteiger partial charge in [0.2, 0.25) is 0 Å². The lowest BCUT2D eigenvalue weighted by Crippen LogP contribution is -2.22. The molecule has 0 spiro atoms. The van der Waals surface area contributed by atoms with E-state index >= 15 is 0 Å². The van der Waals surface area contributed by atoms with Crippen LogP contribution in [-0.2, 0) is 9.53 Å². The summed E-state index contributed by atoms with van der Waals surface area (Å²) in [6, 6.07) is 0. The fourth-order valence-corrected chi connectivity index (χ4v) is 0.864. The van der Waals surface area contributed by atoms with Crippen molar-refractivity contribution in [1.82, 2.24) is 0 Å². The van der Waals surface area contributed by atoms with Gasteiger partial charge in [0.05, 0.1) is 7.11 Å². The molecule has 2 N–H and O–H groups in total. The van der Waals surface area contributed by atoms with Gasteiger partial charge in [-0.15, -0.1) is 12.4 Å². The molecule has 1 aliphatic rings. The summed E-state index contributed by atoms with van der Waals surface area (Å²) in [6.07, 6.45) is 3.36. The first-order chi connectivity index (χ1) is 4.66. The molecule has 0 amide bonds. The number of hydrogen-bond donors (Lipinski definition) is 1. The molecular formula is C7H14ClNO2. The highest BCUT2D eigenvalue weighted by Gasteiger charge is 2.37. The molecule has 0 unspecified atom stereocenters. The van der Waals surface area contributed by atoms with Crippen LogP contribution in [0.25, 0.3) is 0 Å². The van der Waals surface area contributed by atoms with Crippen molar-refractivity contribution < 1.29 is 9.53 Å². The second-order valence-corrected chi connectivity index (χ2v) is 2.94. The molecule has 4 heteroatoms. The summed E-state index contributed by atoms with van der Waals surface area (Å²) < 4.78 is 4.48. The standard InChI is InChI=1S/C7H13NO2.ClH/c1-10-6(9)2-3-7(8)4-5-7;/h2-5,8H2,1H3;1H. The molecule has 0 aliphatic heterocycles. The number of carbonyl (C=O) groups excluding carboxylic acids is 1. The first kappa shape index (κ1) is 10.7. The summed E-state index contributed by atoms with van der Waals surface area (Å²) in [5, 5.41) is 0. The molecule has 11 heavy (non-hydrogen) atoms. The second kappa shape index (κ2) is 3.93. The van der Waals surface area contributed by atoms with Gasteiger partial charge in [-0.25, -0.2) is 0 Å². The van der Waals surface area contributed by atoms with Crippen LogP contribution in [0.15, 0.2) is 0 Å². The van der Waals surface area contributed by atoms with Crippen LogP contribution in [0, 0.1) is 0 Å². The molecule has 1 saturated carbocycles. The first-order valence-electron chi connectivity index (χ1n) is 3.52. The molecule has 0 aromatic heterocycles. The van der Waals surface area contributed by atoms with Gasteiger partial charge in [-0.1, -0.05) is 0 Å². The maximum atomic E-state index is 10.6. The minimum atomic E-state index is -0.156. The number of rotatable bonds is 3. The van der Waals surface area contributed by atoms with Crippen LogP contribution >= 0.6 is 12.4 Å². The van der Waals surface area contributed by atoms with Crippen molar-refractivity contribution >= 4 is 18.4 Å². The molecule has 0 bridgehead atoms. The van der Waals surface area contributed by atoms with Crippen LogP contribution in [0.5, 0.6) is 0 Å². The van der Waals surface area contributed by atoms with Crippen molar-refractivity contribution in [2.45, 2.75) is 31.2 Å². The van der Waals surface area contributed by atoms with Crippen molar-refractivity contribution in [2.75, 3.05) is 7.11 Å². The highest BCUT2D eigenvalue weighted by Crippen LogP contribution is 2.36. The Kier molecular flexibility index (Phi) is 3.83. The van der Waals surface area contributed by atoms with Gasteiger partial charge in [-0.05, 0) is 19.3 Å². The normalized spacial score (nSPS) is 18.4. The molecular weight excluding hydrogens is 166 g/mol. The Bertz CT molecular complexity index is 145. The molecule has 0 aromatic rings. The van der Waals surface area contributed by atoms with E-state index in [0.717, 1.165) is 19.3 Å². The maximum absolute atomic E-state index is 10.6. The third-order valence-corrected chi connectivity index (χ3v) is 1.95. The number of carbonyl (C=O) groups is 1. The molecule has 0 aromatic carbocycles. The summed E-state index contributed by atoms with van der Waals surface area (Å²) in [5.74, 6) is -0.156. The van der Waals surface area contributed by atoms with Gasteiger partial charge in [-0.2, -0.15) is 0 Å². The van der Waals surface area contributed by atoms with Crippen molar-refractivity contribution in [3.8, 4) is 0 Å². The van der Waals surface area contributed by atoms with E-state index in [2.05, 4.69) is 4.74 Å². The predicted molar refractivity (Wildman–Crippen MR) is 44.7 cm³/mol. The topological polar surface area (TPSA) is 52.3 Å². The van der Waals surface area contributed by atoms with Gasteiger partial charge in [0.1, 0.15) is 0 Å². The Morgan fingerprint density at radius 1 is 1.64 bits per heavy atom. The first-order valence-corrected chi connectivity index (χ1v) is 3.52. The van der Waals surface area contributed by atoms with Crippen molar-refractivity contribution in [1.29, 1.82) is 0 Å². The van der Waals surface area contributed by atoms with Gasteiger partial charge < -0.3 is 10.5 Å². The van der Waals surface area contributed by atoms with E-state index in [4.69, 9.17) is 5.73 Å². The fraction of sp³-hybridized carbons (Fsp3) is 0.857. The van der Waals surface area contributed by atoms with Crippen LogP contribution in [-0.4, -0.2) is 18.6 Å². The maximum Gasteiger partial charge on any atom is 0.305 e. The summed E-state index contributed by atoms with van der Waals surface area (Å²) in [5.41, 5.74) is 5.72. The van der Waals surface area contributed by atoms with E-state index in [1.165, 1.54) is 7.11 Å². The fourth-order valence-electron chi connectivity index (χ4n) is 0.864. The Morgan fingerprint density at radius 3 is 2.55 bits per heavy atom. The molecule has 0 atom stereocenters. The number of esters is 1. The lowest BCUT2D eigenvalue weighted by molar-refractivity contribution is -0.140. The summed E-state index contributed by atoms with van der Waals surface area (Å²) in [7, 11) is 1.40. The van der Waals surface area contributed by atoms with Crippen LogP contribution in [0.4, 0.5) is 0 Å². The number of ether oxygens (including phenoxy) is 1. The minimum absolute atomic E-state index is 0. The molecule has 1 rings (SSSR count). The molecule has 0 heterocycles. The Morgan fingerprint density at radius 2 is 2.18 bits per heavy atom. The number of methoxy groups -OCH3 is 1. The molecule has 1 fully saturated rings. The molecule has 0 radical (unpaired) electrons. The Labute approximate surface area is 72.7 Å². The lowest BCUT2D eigenvalue weighted by Gasteiger charge is -2.05. The number of hydrogen-bond acceptors (Lipinski definition) is 3. The molecule has 66 valence electrons. The SMILES string of the molecule is COC(=O)CCC1(N)CC1.Cl. The second-order valence-electron chi connectivity index (χ2n) is 2.94. The van der Waals surface area contributed by atoms with Crippen LogP contribution in [0.1, 0.15) is 25.7 Å². The average Bonchev–Trinajstić information content (AvgIpc) is 2.64. The number of nitrogens with two attached hydrogens (primary N) is 1. The van der Waals surface area contributed by atoms with E-state index in [9.17, 15) is 4.79 Å². The summed E-state index contributed by atoms with van der Waals surface area (Å²) in [4.78, 5) is 10.6. The van der Waals surface area contributed by atoms with Crippen molar-refractivity contribution in [2.24, 2.45) is 5.73 Å². The number of halogens is 1. The molecule has 3 nitrogen and oxygen atoms in total. The third-order valence-electron chi connectivity index (χ3n) is 1.95. The Hall–Kier alpha value is -0.280. The highest BCUT2D eigenvalue weighted by atomic mass is 35.5. The van der Waals surface area contributed by atoms with E-state index in [0.29, 0.717) is 6.42 Å². The van der Waals surface area contributed by atoms with Gasteiger partial charge in [0.15, 0.2) is 0 Å². The zero-order chi connectivity index (χ0) is 7.61. The minimum Gasteiger partial charge on any atom is -0.469 e. The monoisotopic (exact) mass is 179 g/mol. The van der Waals surface area contributed by atoms with Crippen molar-refractivity contribution in [3.05, 3.63) is 0 Å². The zero-order valence-electron chi connectivity index (χ0n) is 6.63. The summed E-state index contributed by atoms with van der Waals surface area (Å²) >= 11 is 0. The van der Waals surface area contributed by atoms with Gasteiger partial charge >= 0.3 is 5.97 Å². The van der Waals surface area contributed by atoms with Gasteiger partial charge in [0.25, 0.3) is 0 Å². The van der Waals surface area contributed by atoms with Crippen LogP contribution < -0.4 is 5.73 Å². The van der Waals surface area contributed by atoms with E-state index in [-0.39, 0.29) is 23.9 Å².